The van der Waals surface area contributed by atoms with Crippen molar-refractivity contribution in [2.75, 3.05) is 31.1 Å². The van der Waals surface area contributed by atoms with Gasteiger partial charge in [0.2, 0.25) is 5.95 Å². The summed E-state index contributed by atoms with van der Waals surface area (Å²) in [7, 11) is 0. The van der Waals surface area contributed by atoms with E-state index in [1.54, 1.807) is 29.0 Å². The first kappa shape index (κ1) is 23.2. The number of hydrazone groups is 1. The topological polar surface area (TPSA) is 127 Å². The van der Waals surface area contributed by atoms with Gasteiger partial charge in [-0.15, -0.1) is 0 Å². The van der Waals surface area contributed by atoms with Crippen LogP contribution >= 0.6 is 0 Å². The molecule has 13 heteroatoms. The maximum absolute atomic E-state index is 14.4. The van der Waals surface area contributed by atoms with Gasteiger partial charge in [-0.05, 0) is 30.7 Å². The van der Waals surface area contributed by atoms with E-state index >= 15 is 0 Å². The van der Waals surface area contributed by atoms with Crippen LogP contribution in [0.5, 0.6) is 0 Å². The number of carbonyl (C=O) groups excluding carboxylic acids is 1. The third-order valence-corrected chi connectivity index (χ3v) is 6.07. The molecule has 5 rings (SSSR count). The van der Waals surface area contributed by atoms with Gasteiger partial charge in [0.05, 0.1) is 23.9 Å². The molecular weight excluding hydrogens is 472 g/mol. The monoisotopic (exact) mass is 493 g/mol. The van der Waals surface area contributed by atoms with Crippen LogP contribution in [-0.4, -0.2) is 68.1 Å². The first-order chi connectivity index (χ1) is 17.3. The Morgan fingerprint density at radius 2 is 1.94 bits per heavy atom. The summed E-state index contributed by atoms with van der Waals surface area (Å²) >= 11 is 0. The molecule has 2 aromatic heterocycles. The summed E-state index contributed by atoms with van der Waals surface area (Å²) in [5, 5.41) is 17.4. The molecular formula is C23H21F2N9O2. The van der Waals surface area contributed by atoms with Crippen LogP contribution in [0.3, 0.4) is 0 Å². The van der Waals surface area contributed by atoms with Gasteiger partial charge in [0, 0.05) is 50.6 Å². The quantitative estimate of drug-likeness (QED) is 0.595. The average molecular weight is 493 g/mol. The number of hydrogen-bond donors (Lipinski definition) is 1. The van der Waals surface area contributed by atoms with E-state index < -0.39 is 23.2 Å². The lowest BCUT2D eigenvalue weighted by atomic mass is 10.0. The van der Waals surface area contributed by atoms with Crippen LogP contribution in [0.15, 0.2) is 40.4 Å². The van der Waals surface area contributed by atoms with Gasteiger partial charge in [-0.2, -0.15) is 20.0 Å². The zero-order valence-corrected chi connectivity index (χ0v) is 19.2. The Labute approximate surface area is 203 Å². The van der Waals surface area contributed by atoms with Gasteiger partial charge in [-0.3, -0.25) is 9.89 Å². The van der Waals surface area contributed by atoms with Crippen molar-refractivity contribution in [3.05, 3.63) is 69.3 Å². The van der Waals surface area contributed by atoms with E-state index in [2.05, 4.69) is 20.2 Å². The van der Waals surface area contributed by atoms with E-state index in [4.69, 9.17) is 5.26 Å². The van der Waals surface area contributed by atoms with Crippen molar-refractivity contribution >= 4 is 18.2 Å². The van der Waals surface area contributed by atoms with Crippen LogP contribution in [0.4, 0.5) is 19.5 Å². The number of amides is 2. The van der Waals surface area contributed by atoms with Crippen molar-refractivity contribution in [2.45, 2.75) is 19.4 Å². The molecule has 0 saturated carbocycles. The summed E-state index contributed by atoms with van der Waals surface area (Å²) in [6.07, 6.45) is 3.01. The molecule has 0 unspecified atom stereocenters. The number of urea groups is 1. The third-order valence-electron chi connectivity index (χ3n) is 6.07. The molecule has 0 radical (unpaired) electrons. The average Bonchev–Trinajstić information content (AvgIpc) is 3.49. The zero-order chi connectivity index (χ0) is 25.4. The van der Waals surface area contributed by atoms with Gasteiger partial charge in [-0.25, -0.2) is 23.6 Å². The number of aromatic amines is 1. The summed E-state index contributed by atoms with van der Waals surface area (Å²) < 4.78 is 29.4. The molecule has 184 valence electrons. The van der Waals surface area contributed by atoms with Crippen molar-refractivity contribution in [1.82, 2.24) is 29.7 Å². The second kappa shape index (κ2) is 9.21. The fourth-order valence-corrected chi connectivity index (χ4v) is 4.32. The van der Waals surface area contributed by atoms with E-state index in [1.807, 2.05) is 6.07 Å². The van der Waals surface area contributed by atoms with Gasteiger partial charge >= 0.3 is 6.03 Å². The van der Waals surface area contributed by atoms with Crippen LogP contribution in [0.2, 0.25) is 0 Å². The number of nitrogens with one attached hydrogen (secondary N) is 1. The molecule has 2 amide bonds. The summed E-state index contributed by atoms with van der Waals surface area (Å²) in [5.41, 5.74) is 0.801. The Bertz CT molecular complexity index is 1450. The number of nitrogens with zero attached hydrogens (tertiary/aromatic N) is 8. The highest BCUT2D eigenvalue weighted by Crippen LogP contribution is 2.30. The smallest absolute Gasteiger partial charge is 0.337 e. The number of carbonyl (C=O) groups is 1. The highest BCUT2D eigenvalue weighted by atomic mass is 19.1. The second-order valence-electron chi connectivity index (χ2n) is 8.49. The fraction of sp³-hybridized carbons (Fsp3) is 0.304. The maximum atomic E-state index is 14.4. The lowest BCUT2D eigenvalue weighted by molar-refractivity contribution is 0.139. The lowest BCUT2D eigenvalue weighted by Crippen LogP contribution is -2.52. The predicted octanol–water partition coefficient (Wildman–Crippen LogP) is 2.09. The number of aromatic nitrogens is 4. The van der Waals surface area contributed by atoms with Gasteiger partial charge in [-0.1, -0.05) is 0 Å². The molecule has 1 saturated heterocycles. The first-order valence-electron chi connectivity index (χ1n) is 11.2. The standard InChI is InChI=1S/C23H21F2N9O2/c1-14-8-20(35)34(30-14)21-18(25)13-27-22(29-21)31-4-6-32(7-5-31)23(36)33-19(2-3-28-33)16-9-15(12-26)10-17(24)11-16/h3,8-11,13,19,30H,2,4-7H2,1H3/t19-/m0/s1. The minimum atomic E-state index is -0.744. The third kappa shape index (κ3) is 4.28. The van der Waals surface area contributed by atoms with E-state index in [9.17, 15) is 18.4 Å². The number of benzene rings is 1. The van der Waals surface area contributed by atoms with Crippen molar-refractivity contribution in [3.63, 3.8) is 0 Å². The summed E-state index contributed by atoms with van der Waals surface area (Å²) in [6.45, 7) is 3.07. The summed E-state index contributed by atoms with van der Waals surface area (Å²) in [5.74, 6) is -1.24. The molecule has 2 aliphatic rings. The Kier molecular flexibility index (Phi) is 5.93. The number of hydrogen-bond acceptors (Lipinski definition) is 7. The van der Waals surface area contributed by atoms with Gasteiger partial charge < -0.3 is 9.80 Å². The van der Waals surface area contributed by atoms with Gasteiger partial charge in [0.15, 0.2) is 11.6 Å². The van der Waals surface area contributed by atoms with Crippen molar-refractivity contribution in [2.24, 2.45) is 5.10 Å². The van der Waals surface area contributed by atoms with Crippen LogP contribution in [0.1, 0.15) is 29.3 Å². The normalized spacial score (nSPS) is 17.5. The Morgan fingerprint density at radius 3 is 2.64 bits per heavy atom. The number of nitriles is 1. The number of rotatable bonds is 3. The van der Waals surface area contributed by atoms with E-state index in [0.29, 0.717) is 43.9 Å². The fourth-order valence-electron chi connectivity index (χ4n) is 4.32. The molecule has 0 bridgehead atoms. The molecule has 1 N–H and O–H groups in total. The van der Waals surface area contributed by atoms with Crippen molar-refractivity contribution in [1.29, 1.82) is 5.26 Å². The minimum absolute atomic E-state index is 0.174. The summed E-state index contributed by atoms with van der Waals surface area (Å²) in [4.78, 5) is 37.0. The SMILES string of the molecule is Cc1cc(=O)n(-c2nc(N3CCN(C(=O)N4N=CC[C@H]4c4cc(F)cc(C#N)c4)CC3)ncc2F)[nH]1. The molecule has 0 spiro atoms. The molecule has 3 aromatic rings. The van der Waals surface area contributed by atoms with Crippen LogP contribution in [-0.2, 0) is 0 Å². The van der Waals surface area contributed by atoms with Crippen LogP contribution in [0.25, 0.3) is 5.82 Å². The molecule has 1 fully saturated rings. The first-order valence-corrected chi connectivity index (χ1v) is 11.2. The minimum Gasteiger partial charge on any atom is -0.337 e. The Balaban J connectivity index is 1.29. The zero-order valence-electron chi connectivity index (χ0n) is 19.2. The Morgan fingerprint density at radius 1 is 1.17 bits per heavy atom. The molecule has 0 aliphatic carbocycles. The maximum Gasteiger partial charge on any atom is 0.341 e. The molecule has 1 aromatic carbocycles. The number of aryl methyl sites for hydroxylation is 1. The highest BCUT2D eigenvalue weighted by molar-refractivity contribution is 5.78. The molecule has 1 atom stereocenters. The van der Waals surface area contributed by atoms with E-state index in [1.165, 1.54) is 17.1 Å². The molecule has 4 heterocycles. The van der Waals surface area contributed by atoms with Crippen molar-refractivity contribution < 1.29 is 13.6 Å². The number of piperazine rings is 1. The highest BCUT2D eigenvalue weighted by Gasteiger charge is 2.34. The molecule has 2 aliphatic heterocycles. The molecule has 11 nitrogen and oxygen atoms in total. The number of halogens is 2. The van der Waals surface area contributed by atoms with Crippen LogP contribution in [0, 0.1) is 29.9 Å². The Hall–Kier alpha value is -4.60. The van der Waals surface area contributed by atoms with Crippen molar-refractivity contribution in [3.8, 4) is 11.9 Å². The largest absolute Gasteiger partial charge is 0.341 e. The van der Waals surface area contributed by atoms with Gasteiger partial charge in [0.1, 0.15) is 5.82 Å². The predicted molar refractivity (Wildman–Crippen MR) is 125 cm³/mol. The summed E-state index contributed by atoms with van der Waals surface area (Å²) in [6, 6.07) is 6.41. The number of H-pyrrole nitrogens is 1. The van der Waals surface area contributed by atoms with Gasteiger partial charge in [0.25, 0.3) is 5.56 Å². The number of anilines is 1. The van der Waals surface area contributed by atoms with Crippen LogP contribution < -0.4 is 10.5 Å². The molecule has 36 heavy (non-hydrogen) atoms. The van der Waals surface area contributed by atoms with E-state index in [-0.39, 0.29) is 23.4 Å². The van der Waals surface area contributed by atoms with E-state index in [0.717, 1.165) is 16.9 Å². The lowest BCUT2D eigenvalue weighted by Gasteiger charge is -2.37. The second-order valence-corrected chi connectivity index (χ2v) is 8.49.